The number of benzene rings is 1. The van der Waals surface area contributed by atoms with E-state index >= 15 is 0 Å². The summed E-state index contributed by atoms with van der Waals surface area (Å²) in [4.78, 5) is 55.2. The van der Waals surface area contributed by atoms with Crippen LogP contribution in [0.4, 0.5) is 0 Å². The summed E-state index contributed by atoms with van der Waals surface area (Å²) in [6.45, 7) is 2.61. The van der Waals surface area contributed by atoms with Crippen molar-refractivity contribution in [1.82, 2.24) is 10.2 Å². The Morgan fingerprint density at radius 3 is 2.55 bits per heavy atom. The van der Waals surface area contributed by atoms with E-state index in [4.69, 9.17) is 15.2 Å². The number of hydrogen-bond acceptors (Lipinski definition) is 10. The number of likely N-dealkylation sites (tertiary alicyclic amines) is 1. The highest BCUT2D eigenvalue weighted by Gasteiger charge is 2.39. The number of esters is 2. The summed E-state index contributed by atoms with van der Waals surface area (Å²) in [5.74, 6) is -1.25. The molecule has 1 heterocycles. The molecule has 0 spiro atoms. The summed E-state index contributed by atoms with van der Waals surface area (Å²) in [5.41, 5.74) is 6.73. The second-order valence-corrected chi connectivity index (χ2v) is 9.10. The van der Waals surface area contributed by atoms with Crippen molar-refractivity contribution in [3.63, 3.8) is 0 Å². The van der Waals surface area contributed by atoms with E-state index < -0.39 is 35.2 Å². The van der Waals surface area contributed by atoms with Crippen molar-refractivity contribution in [2.24, 2.45) is 5.73 Å². The summed E-state index contributed by atoms with van der Waals surface area (Å²) in [6.07, 6.45) is 4.18. The molecule has 3 unspecified atom stereocenters. The third-order valence-corrected chi connectivity index (χ3v) is 6.32. The zero-order chi connectivity index (χ0) is 27.8. The van der Waals surface area contributed by atoms with Crippen LogP contribution in [0.3, 0.4) is 0 Å². The Labute approximate surface area is 223 Å². The highest BCUT2D eigenvalue weighted by molar-refractivity contribution is 5.89. The number of carbonyl (C=O) groups is 3. The van der Waals surface area contributed by atoms with Crippen LogP contribution >= 0.6 is 0 Å². The summed E-state index contributed by atoms with van der Waals surface area (Å²) < 4.78 is 10.5. The van der Waals surface area contributed by atoms with Crippen LogP contribution < -0.4 is 11.1 Å². The molecule has 1 saturated heterocycles. The third kappa shape index (κ3) is 10.6. The molecular weight excluding hydrogens is 496 g/mol. The Kier molecular flexibility index (Phi) is 14.1. The van der Waals surface area contributed by atoms with Crippen LogP contribution in [0, 0.1) is 10.1 Å². The lowest BCUT2D eigenvalue weighted by molar-refractivity contribution is -0.757. The van der Waals surface area contributed by atoms with Crippen LogP contribution in [-0.4, -0.2) is 78.9 Å². The second-order valence-electron chi connectivity index (χ2n) is 9.10. The molecule has 1 amide bonds. The molecular formula is C26H40N4O8. The summed E-state index contributed by atoms with van der Waals surface area (Å²) in [6, 6.07) is 7.61. The molecule has 0 saturated carbocycles. The van der Waals surface area contributed by atoms with Crippen molar-refractivity contribution >= 4 is 17.8 Å². The number of amides is 1. The van der Waals surface area contributed by atoms with Crippen LogP contribution in [0.15, 0.2) is 30.3 Å². The number of ether oxygens (including phenoxy) is 2. The Morgan fingerprint density at radius 2 is 1.87 bits per heavy atom. The molecule has 0 radical (unpaired) electrons. The summed E-state index contributed by atoms with van der Waals surface area (Å²) in [5, 5.41) is 12.6. The van der Waals surface area contributed by atoms with Crippen molar-refractivity contribution in [3.05, 3.63) is 46.0 Å². The molecule has 3 atom stereocenters. The van der Waals surface area contributed by atoms with Crippen molar-refractivity contribution in [1.29, 1.82) is 0 Å². The van der Waals surface area contributed by atoms with Crippen molar-refractivity contribution in [2.75, 3.05) is 32.9 Å². The number of hydrogen-bond donors (Lipinski definition) is 2. The molecule has 1 fully saturated rings. The van der Waals surface area contributed by atoms with Gasteiger partial charge in [-0.05, 0) is 57.6 Å². The van der Waals surface area contributed by atoms with Crippen LogP contribution in [-0.2, 0) is 35.1 Å². The van der Waals surface area contributed by atoms with Gasteiger partial charge in [0, 0.05) is 13.0 Å². The highest BCUT2D eigenvalue weighted by atomic mass is 16.9. The first-order chi connectivity index (χ1) is 18.4. The number of unbranched alkanes of at least 4 members (excludes halogenated alkanes) is 1. The zero-order valence-electron chi connectivity index (χ0n) is 22.0. The number of nitrogens with two attached hydrogens (primary N) is 1. The molecule has 3 N–H and O–H groups in total. The molecule has 1 aromatic rings. The van der Waals surface area contributed by atoms with Gasteiger partial charge in [-0.1, -0.05) is 36.8 Å². The fraction of sp³-hybridized carbons (Fsp3) is 0.654. The van der Waals surface area contributed by atoms with E-state index in [0.29, 0.717) is 51.6 Å². The lowest BCUT2D eigenvalue weighted by atomic mass is 10.0. The van der Waals surface area contributed by atoms with Gasteiger partial charge in [-0.25, -0.2) is 4.79 Å². The first-order valence-corrected chi connectivity index (χ1v) is 13.3. The van der Waals surface area contributed by atoms with Gasteiger partial charge < -0.3 is 24.9 Å². The predicted molar refractivity (Wildman–Crippen MR) is 138 cm³/mol. The smallest absolute Gasteiger partial charge is 0.328 e. The predicted octanol–water partition coefficient (Wildman–Crippen LogP) is 1.77. The minimum Gasteiger partial charge on any atom is -0.465 e. The van der Waals surface area contributed by atoms with E-state index in [2.05, 4.69) is 10.2 Å². The van der Waals surface area contributed by atoms with Gasteiger partial charge in [-0.2, -0.15) is 0 Å². The normalized spacial score (nSPS) is 16.5. The maximum Gasteiger partial charge on any atom is 0.328 e. The molecule has 12 nitrogen and oxygen atoms in total. The van der Waals surface area contributed by atoms with Crippen molar-refractivity contribution in [3.8, 4) is 0 Å². The minimum absolute atomic E-state index is 0.0478. The fourth-order valence-electron chi connectivity index (χ4n) is 4.42. The van der Waals surface area contributed by atoms with Gasteiger partial charge in [-0.15, -0.1) is 10.1 Å². The topological polar surface area (TPSA) is 163 Å². The van der Waals surface area contributed by atoms with E-state index in [-0.39, 0.29) is 32.1 Å². The van der Waals surface area contributed by atoms with Gasteiger partial charge in [0.05, 0.1) is 25.9 Å². The van der Waals surface area contributed by atoms with E-state index in [0.717, 1.165) is 12.0 Å². The van der Waals surface area contributed by atoms with Crippen LogP contribution in [0.1, 0.15) is 57.4 Å². The highest BCUT2D eigenvalue weighted by Crippen LogP contribution is 2.21. The van der Waals surface area contributed by atoms with Crippen molar-refractivity contribution < 1.29 is 33.8 Å². The molecule has 1 aromatic carbocycles. The van der Waals surface area contributed by atoms with E-state index in [1.54, 1.807) is 6.92 Å². The average molecular weight is 537 g/mol. The standard InChI is InChI=1S/C26H40N4O8/c1-2-36-25(32)22(15-14-20-10-4-3-5-11-20)28-21(12-6-7-16-27)24(31)29-17-8-13-23(29)26(33)37-18-9-19-38-30(34)35/h3-5,10-11,21-23,28H,2,6-9,12-19,27H2,1H3. The third-order valence-electron chi connectivity index (χ3n) is 6.32. The Balaban J connectivity index is 2.08. The number of aryl methyl sites for hydroxylation is 1. The molecule has 1 aliphatic heterocycles. The zero-order valence-corrected chi connectivity index (χ0v) is 22.0. The lowest BCUT2D eigenvalue weighted by Crippen LogP contribution is -2.54. The second kappa shape index (κ2) is 17.3. The van der Waals surface area contributed by atoms with E-state index in [1.165, 1.54) is 4.90 Å². The van der Waals surface area contributed by atoms with Gasteiger partial charge in [0.2, 0.25) is 5.91 Å². The first-order valence-electron chi connectivity index (χ1n) is 13.3. The van der Waals surface area contributed by atoms with Gasteiger partial charge >= 0.3 is 11.9 Å². The number of nitrogens with one attached hydrogen (secondary N) is 1. The minimum atomic E-state index is -0.902. The Morgan fingerprint density at radius 1 is 1.11 bits per heavy atom. The van der Waals surface area contributed by atoms with Gasteiger partial charge in [-0.3, -0.25) is 14.9 Å². The number of rotatable bonds is 18. The molecule has 2 rings (SSSR count). The van der Waals surface area contributed by atoms with E-state index in [1.807, 2.05) is 30.3 Å². The molecule has 0 aromatic heterocycles. The number of nitrogens with zero attached hydrogens (tertiary/aromatic N) is 2. The lowest BCUT2D eigenvalue weighted by Gasteiger charge is -2.30. The van der Waals surface area contributed by atoms with Gasteiger partial charge in [0.25, 0.3) is 5.09 Å². The largest absolute Gasteiger partial charge is 0.465 e. The Hall–Kier alpha value is -3.25. The van der Waals surface area contributed by atoms with Crippen LogP contribution in [0.2, 0.25) is 0 Å². The van der Waals surface area contributed by atoms with Crippen LogP contribution in [0.5, 0.6) is 0 Å². The van der Waals surface area contributed by atoms with E-state index in [9.17, 15) is 24.5 Å². The first kappa shape index (κ1) is 31.0. The number of carbonyl (C=O) groups excluding carboxylic acids is 3. The monoisotopic (exact) mass is 536 g/mol. The van der Waals surface area contributed by atoms with Crippen molar-refractivity contribution in [2.45, 2.75) is 76.4 Å². The maximum atomic E-state index is 13.7. The van der Waals surface area contributed by atoms with Crippen LogP contribution in [0.25, 0.3) is 0 Å². The SMILES string of the molecule is CCOC(=O)C(CCc1ccccc1)NC(CCCCN)C(=O)N1CCCC1C(=O)OCCCO[N+](=O)[O-]. The fourth-order valence-corrected chi connectivity index (χ4v) is 4.42. The summed E-state index contributed by atoms with van der Waals surface area (Å²) >= 11 is 0. The molecule has 38 heavy (non-hydrogen) atoms. The van der Waals surface area contributed by atoms with Gasteiger partial charge in [0.15, 0.2) is 0 Å². The quantitative estimate of drug-likeness (QED) is 0.122. The maximum absolute atomic E-state index is 13.7. The average Bonchev–Trinajstić information content (AvgIpc) is 3.40. The molecule has 1 aliphatic rings. The molecule has 12 heteroatoms. The summed E-state index contributed by atoms with van der Waals surface area (Å²) in [7, 11) is 0. The molecule has 0 bridgehead atoms. The van der Waals surface area contributed by atoms with Gasteiger partial charge in [0.1, 0.15) is 12.1 Å². The molecule has 212 valence electrons. The molecule has 0 aliphatic carbocycles. The Bertz CT molecular complexity index is 885.